The minimum atomic E-state index is -1.06. The predicted molar refractivity (Wildman–Crippen MR) is 166 cm³/mol. The fourth-order valence-corrected chi connectivity index (χ4v) is 6.04. The summed E-state index contributed by atoms with van der Waals surface area (Å²) in [6.45, 7) is 2.11. The Bertz CT molecular complexity index is 1390. The summed E-state index contributed by atoms with van der Waals surface area (Å²) < 4.78 is 45.6. The number of rotatable bonds is 14. The van der Waals surface area contributed by atoms with Crippen molar-refractivity contribution in [3.05, 3.63) is 144 Å². The zero-order chi connectivity index (χ0) is 30.0. The van der Waals surface area contributed by atoms with E-state index in [0.29, 0.717) is 33.0 Å². The topological polar surface area (TPSA) is 64.6 Å². The van der Waals surface area contributed by atoms with Crippen LogP contribution in [0.15, 0.2) is 121 Å². The summed E-state index contributed by atoms with van der Waals surface area (Å²) in [6.07, 6.45) is -2.89. The normalized spacial score (nSPS) is 26.3. The van der Waals surface area contributed by atoms with Gasteiger partial charge in [-0.25, -0.2) is 0 Å². The van der Waals surface area contributed by atoms with Gasteiger partial charge < -0.3 is 33.2 Å². The van der Waals surface area contributed by atoms with Crippen LogP contribution in [0.2, 0.25) is 0 Å². The van der Waals surface area contributed by atoms with Crippen LogP contribution >= 0.6 is 0 Å². The van der Waals surface area contributed by atoms with Gasteiger partial charge in [0, 0.05) is 7.11 Å². The average molecular weight is 597 g/mol. The summed E-state index contributed by atoms with van der Waals surface area (Å²) in [5.74, 6) is 0. The molecule has 2 fully saturated rings. The minimum absolute atomic E-state index is 0.267. The summed E-state index contributed by atoms with van der Waals surface area (Å²) in [6, 6.07) is 40.4. The molecule has 4 aromatic rings. The third kappa shape index (κ3) is 7.11. The zero-order valence-corrected chi connectivity index (χ0v) is 25.0. The molecule has 2 heterocycles. The van der Waals surface area contributed by atoms with E-state index in [1.807, 2.05) is 97.1 Å². The van der Waals surface area contributed by atoms with Crippen molar-refractivity contribution in [1.29, 1.82) is 0 Å². The lowest BCUT2D eigenvalue weighted by Crippen LogP contribution is -2.71. The average Bonchev–Trinajstić information content (AvgIpc) is 3.46. The van der Waals surface area contributed by atoms with Crippen LogP contribution in [0.5, 0.6) is 0 Å². The van der Waals surface area contributed by atoms with Gasteiger partial charge in [0.05, 0.1) is 39.6 Å². The van der Waals surface area contributed by atoms with Gasteiger partial charge in [-0.15, -0.1) is 0 Å². The SMILES string of the molecule is CO[C@H]1O[C@H](COCc2ccccc2)[C@@H](OCc2ccccc2)[C@@]2(OCc3ccccc3)[C@@H](OCc3ccccc3)CO[C@@H]12. The zero-order valence-electron chi connectivity index (χ0n) is 25.0. The van der Waals surface area contributed by atoms with E-state index in [2.05, 4.69) is 24.3 Å². The Labute approximate surface area is 259 Å². The molecule has 0 amide bonds. The molecule has 2 aliphatic heterocycles. The molecule has 0 radical (unpaired) electrons. The van der Waals surface area contributed by atoms with Crippen LogP contribution in [0.25, 0.3) is 0 Å². The lowest BCUT2D eigenvalue weighted by atomic mass is 9.80. The molecule has 0 spiro atoms. The Morgan fingerprint density at radius 2 is 1.14 bits per heavy atom. The highest BCUT2D eigenvalue weighted by Crippen LogP contribution is 2.46. The van der Waals surface area contributed by atoms with E-state index < -0.39 is 36.3 Å². The molecule has 0 N–H and O–H groups in total. The van der Waals surface area contributed by atoms with E-state index in [0.717, 1.165) is 22.3 Å². The van der Waals surface area contributed by atoms with Crippen molar-refractivity contribution >= 4 is 0 Å². The fourth-order valence-electron chi connectivity index (χ4n) is 6.04. The van der Waals surface area contributed by atoms with Gasteiger partial charge in [-0.05, 0) is 22.3 Å². The van der Waals surface area contributed by atoms with Gasteiger partial charge in [-0.2, -0.15) is 0 Å². The Hall–Kier alpha value is -3.40. The van der Waals surface area contributed by atoms with E-state index >= 15 is 0 Å². The molecule has 2 aliphatic rings. The number of hydrogen-bond acceptors (Lipinski definition) is 7. The Morgan fingerprint density at radius 3 is 1.68 bits per heavy atom. The van der Waals surface area contributed by atoms with E-state index in [-0.39, 0.29) is 6.61 Å². The van der Waals surface area contributed by atoms with Crippen molar-refractivity contribution in [2.45, 2.75) is 62.7 Å². The van der Waals surface area contributed by atoms with Crippen molar-refractivity contribution in [3.8, 4) is 0 Å². The number of methoxy groups -OCH3 is 1. The number of fused-ring (bicyclic) bond motifs is 1. The van der Waals surface area contributed by atoms with Crippen LogP contribution in [0.3, 0.4) is 0 Å². The molecule has 44 heavy (non-hydrogen) atoms. The Morgan fingerprint density at radius 1 is 0.636 bits per heavy atom. The third-order valence-corrected chi connectivity index (χ3v) is 8.24. The molecule has 0 aromatic heterocycles. The summed E-state index contributed by atoms with van der Waals surface area (Å²) in [4.78, 5) is 0. The molecule has 230 valence electrons. The van der Waals surface area contributed by atoms with Gasteiger partial charge in [0.2, 0.25) is 0 Å². The van der Waals surface area contributed by atoms with Crippen molar-refractivity contribution in [3.63, 3.8) is 0 Å². The lowest BCUT2D eigenvalue weighted by molar-refractivity contribution is -0.345. The van der Waals surface area contributed by atoms with E-state index in [1.165, 1.54) is 0 Å². The minimum Gasteiger partial charge on any atom is -0.374 e. The van der Waals surface area contributed by atoms with Crippen molar-refractivity contribution in [2.24, 2.45) is 0 Å². The number of hydrogen-bond donors (Lipinski definition) is 0. The largest absolute Gasteiger partial charge is 0.374 e. The molecule has 7 heteroatoms. The van der Waals surface area contributed by atoms with Crippen LogP contribution < -0.4 is 0 Å². The third-order valence-electron chi connectivity index (χ3n) is 8.24. The van der Waals surface area contributed by atoms with Gasteiger partial charge in [-0.1, -0.05) is 121 Å². The monoisotopic (exact) mass is 596 g/mol. The standard InChI is InChI=1S/C37H40O7/c1-38-36-35-37(43-25-31-20-12-5-13-21-31,33(27-42-35)40-23-29-16-8-3-9-17-29)34(41-24-30-18-10-4-11-19-30)32(44-36)26-39-22-28-14-6-2-7-15-28/h2-21,32-36H,22-27H2,1H3/t32-,33+,34-,35+,36+,37+/m1/s1. The molecule has 0 bridgehead atoms. The van der Waals surface area contributed by atoms with E-state index in [1.54, 1.807) is 7.11 Å². The maximum atomic E-state index is 7.02. The quantitative estimate of drug-likeness (QED) is 0.174. The van der Waals surface area contributed by atoms with Gasteiger partial charge in [0.15, 0.2) is 11.9 Å². The van der Waals surface area contributed by atoms with Crippen molar-refractivity contribution in [1.82, 2.24) is 0 Å². The first kappa shape index (κ1) is 30.6. The maximum absolute atomic E-state index is 7.02. The van der Waals surface area contributed by atoms with Crippen molar-refractivity contribution in [2.75, 3.05) is 20.3 Å². The molecule has 6 rings (SSSR count). The number of benzene rings is 4. The fraction of sp³-hybridized carbons (Fsp3) is 0.351. The molecule has 2 saturated heterocycles. The lowest BCUT2D eigenvalue weighted by Gasteiger charge is -2.51. The molecule has 4 aromatic carbocycles. The van der Waals surface area contributed by atoms with Crippen molar-refractivity contribution < 1.29 is 33.2 Å². The molecule has 0 unspecified atom stereocenters. The Kier molecular flexibility index (Phi) is 10.5. The Balaban J connectivity index is 1.34. The highest BCUT2D eigenvalue weighted by atomic mass is 16.7. The van der Waals surface area contributed by atoms with Crippen LogP contribution in [-0.4, -0.2) is 56.6 Å². The predicted octanol–water partition coefficient (Wildman–Crippen LogP) is 6.10. The van der Waals surface area contributed by atoms with Crippen LogP contribution in [0.1, 0.15) is 22.3 Å². The van der Waals surface area contributed by atoms with E-state index in [9.17, 15) is 0 Å². The molecule has 0 aliphatic carbocycles. The molecule has 0 saturated carbocycles. The molecular formula is C37H40O7. The van der Waals surface area contributed by atoms with E-state index in [4.69, 9.17) is 33.2 Å². The number of ether oxygens (including phenoxy) is 7. The highest BCUT2D eigenvalue weighted by molar-refractivity contribution is 5.19. The molecule has 6 atom stereocenters. The second-order valence-electron chi connectivity index (χ2n) is 11.2. The molecular weight excluding hydrogens is 556 g/mol. The smallest absolute Gasteiger partial charge is 0.186 e. The summed E-state index contributed by atoms with van der Waals surface area (Å²) in [7, 11) is 1.63. The maximum Gasteiger partial charge on any atom is 0.186 e. The van der Waals surface area contributed by atoms with Crippen LogP contribution in [0.4, 0.5) is 0 Å². The summed E-state index contributed by atoms with van der Waals surface area (Å²) in [5.41, 5.74) is 3.16. The highest BCUT2D eigenvalue weighted by Gasteiger charge is 2.67. The second kappa shape index (κ2) is 15.1. The summed E-state index contributed by atoms with van der Waals surface area (Å²) >= 11 is 0. The first-order chi connectivity index (χ1) is 21.8. The van der Waals surface area contributed by atoms with Gasteiger partial charge in [0.1, 0.15) is 24.4 Å². The first-order valence-corrected chi connectivity index (χ1v) is 15.2. The van der Waals surface area contributed by atoms with Gasteiger partial charge in [0.25, 0.3) is 0 Å². The van der Waals surface area contributed by atoms with Gasteiger partial charge in [-0.3, -0.25) is 0 Å². The summed E-state index contributed by atoms with van der Waals surface area (Å²) in [5, 5.41) is 0. The van der Waals surface area contributed by atoms with Crippen LogP contribution in [-0.2, 0) is 59.6 Å². The van der Waals surface area contributed by atoms with Gasteiger partial charge >= 0.3 is 0 Å². The molecule has 7 nitrogen and oxygen atoms in total. The second-order valence-corrected chi connectivity index (χ2v) is 11.2. The first-order valence-electron chi connectivity index (χ1n) is 15.2. The van der Waals surface area contributed by atoms with Crippen LogP contribution in [0, 0.1) is 0 Å².